The highest BCUT2D eigenvalue weighted by Crippen LogP contribution is 2.14. The third kappa shape index (κ3) is 3.77. The number of hydrogen-bond acceptors (Lipinski definition) is 7. The Bertz CT molecular complexity index is 818. The maximum atomic E-state index is 12.2. The van der Waals surface area contributed by atoms with E-state index >= 15 is 0 Å². The normalized spacial score (nSPS) is 18.0. The van der Waals surface area contributed by atoms with Gasteiger partial charge in [0, 0.05) is 29.9 Å². The first kappa shape index (κ1) is 16.9. The molecule has 1 fully saturated rings. The Morgan fingerprint density at radius 1 is 1.50 bits per heavy atom. The lowest BCUT2D eigenvalue weighted by atomic mass is 10.3. The number of carbonyl (C=O) groups excluding carboxylic acids is 1. The van der Waals surface area contributed by atoms with E-state index in [1.54, 1.807) is 11.6 Å². The highest BCUT2D eigenvalue weighted by atomic mass is 32.2. The summed E-state index contributed by atoms with van der Waals surface area (Å²) >= 11 is 2.73. The molecule has 2 aromatic rings. The van der Waals surface area contributed by atoms with Gasteiger partial charge >= 0.3 is 5.97 Å². The molecule has 128 valence electrons. The predicted molar refractivity (Wildman–Crippen MR) is 89.5 cm³/mol. The van der Waals surface area contributed by atoms with Crippen molar-refractivity contribution >= 4 is 39.9 Å². The van der Waals surface area contributed by atoms with Crippen molar-refractivity contribution in [3.63, 3.8) is 0 Å². The van der Waals surface area contributed by atoms with Crippen LogP contribution in [0.2, 0.25) is 0 Å². The van der Waals surface area contributed by atoms with Gasteiger partial charge in [-0.25, -0.2) is 9.78 Å². The number of rotatable bonds is 5. The maximum absolute atomic E-state index is 12.2. The van der Waals surface area contributed by atoms with Crippen LogP contribution in [0.3, 0.4) is 0 Å². The molecule has 0 saturated carbocycles. The molecule has 3 heterocycles. The molecular formula is C14H15N3O5S2. The molecule has 8 nitrogen and oxygen atoms in total. The quantitative estimate of drug-likeness (QED) is 0.809. The van der Waals surface area contributed by atoms with E-state index in [9.17, 15) is 14.4 Å². The van der Waals surface area contributed by atoms with Crippen molar-refractivity contribution in [3.05, 3.63) is 33.7 Å². The molecule has 0 radical (unpaired) electrons. The Morgan fingerprint density at radius 3 is 3.12 bits per heavy atom. The van der Waals surface area contributed by atoms with Gasteiger partial charge in [0.25, 0.3) is 5.56 Å². The van der Waals surface area contributed by atoms with Crippen molar-refractivity contribution in [2.24, 2.45) is 0 Å². The van der Waals surface area contributed by atoms with Gasteiger partial charge in [0.1, 0.15) is 0 Å². The zero-order chi connectivity index (χ0) is 17.1. The first-order valence-electron chi connectivity index (χ1n) is 7.20. The molecular weight excluding hydrogens is 354 g/mol. The second-order valence-electron chi connectivity index (χ2n) is 5.17. The molecule has 1 N–H and O–H groups in total. The van der Waals surface area contributed by atoms with E-state index in [1.807, 2.05) is 0 Å². The minimum Gasteiger partial charge on any atom is -0.479 e. The van der Waals surface area contributed by atoms with Crippen LogP contribution in [0.25, 0.3) is 4.96 Å². The first-order valence-corrected chi connectivity index (χ1v) is 9.24. The third-order valence-electron chi connectivity index (χ3n) is 3.53. The number of ether oxygens (including phenoxy) is 1. The number of aliphatic carboxylic acids is 1. The molecule has 1 unspecified atom stereocenters. The monoisotopic (exact) mass is 369 g/mol. The van der Waals surface area contributed by atoms with E-state index in [0.29, 0.717) is 23.0 Å². The van der Waals surface area contributed by atoms with Gasteiger partial charge in [-0.15, -0.1) is 23.1 Å². The fourth-order valence-corrected chi connectivity index (χ4v) is 3.88. The molecule has 1 aliphatic heterocycles. The summed E-state index contributed by atoms with van der Waals surface area (Å²) in [6.07, 6.45) is 0.711. The summed E-state index contributed by atoms with van der Waals surface area (Å²) in [5.74, 6) is -0.544. The number of carbonyl (C=O) groups is 2. The number of carboxylic acids is 1. The van der Waals surface area contributed by atoms with E-state index in [-0.39, 0.29) is 30.4 Å². The lowest BCUT2D eigenvalue weighted by Gasteiger charge is -2.30. The Hall–Kier alpha value is -1.91. The fraction of sp³-hybridized carbons (Fsp3) is 0.429. The molecule has 0 aromatic carbocycles. The number of morpholine rings is 1. The van der Waals surface area contributed by atoms with Gasteiger partial charge < -0.3 is 14.7 Å². The predicted octanol–water partition coefficient (Wildman–Crippen LogP) is 0.301. The van der Waals surface area contributed by atoms with E-state index < -0.39 is 12.1 Å². The average molecular weight is 369 g/mol. The van der Waals surface area contributed by atoms with Crippen molar-refractivity contribution < 1.29 is 19.4 Å². The first-order chi connectivity index (χ1) is 11.5. The Kier molecular flexibility index (Phi) is 5.17. The molecule has 24 heavy (non-hydrogen) atoms. The molecule has 10 heteroatoms. The van der Waals surface area contributed by atoms with Crippen LogP contribution < -0.4 is 5.56 Å². The van der Waals surface area contributed by atoms with Crippen molar-refractivity contribution in [1.29, 1.82) is 0 Å². The second kappa shape index (κ2) is 7.32. The van der Waals surface area contributed by atoms with E-state index in [0.717, 1.165) is 0 Å². The maximum Gasteiger partial charge on any atom is 0.334 e. The van der Waals surface area contributed by atoms with E-state index in [1.165, 1.54) is 38.5 Å². The topological polar surface area (TPSA) is 101 Å². The van der Waals surface area contributed by atoms with Gasteiger partial charge in [-0.3, -0.25) is 14.0 Å². The molecule has 1 atom stereocenters. The summed E-state index contributed by atoms with van der Waals surface area (Å²) in [5.41, 5.74) is 0.492. The van der Waals surface area contributed by atoms with Crippen LogP contribution in [0, 0.1) is 0 Å². The molecule has 0 bridgehead atoms. The number of thiazole rings is 1. The summed E-state index contributed by atoms with van der Waals surface area (Å²) in [6.45, 7) is 0.681. The van der Waals surface area contributed by atoms with Crippen LogP contribution in [0.15, 0.2) is 22.4 Å². The van der Waals surface area contributed by atoms with Crippen LogP contribution in [0.4, 0.5) is 0 Å². The van der Waals surface area contributed by atoms with Gasteiger partial charge in [-0.1, -0.05) is 0 Å². The zero-order valence-electron chi connectivity index (χ0n) is 12.6. The average Bonchev–Trinajstić information content (AvgIpc) is 3.04. The number of amides is 1. The van der Waals surface area contributed by atoms with Crippen LogP contribution in [-0.2, 0) is 20.1 Å². The highest BCUT2D eigenvalue weighted by Gasteiger charge is 2.28. The number of nitrogens with zero attached hydrogens (tertiary/aromatic N) is 3. The molecule has 2 aromatic heterocycles. The van der Waals surface area contributed by atoms with Crippen LogP contribution in [-0.4, -0.2) is 62.8 Å². The second-order valence-corrected chi connectivity index (χ2v) is 7.03. The van der Waals surface area contributed by atoms with Gasteiger partial charge in [0.2, 0.25) is 5.91 Å². The number of carboxylic acid groups (broad SMARTS) is 1. The van der Waals surface area contributed by atoms with E-state index in [4.69, 9.17) is 9.84 Å². The summed E-state index contributed by atoms with van der Waals surface area (Å²) < 4.78 is 6.57. The number of aromatic nitrogens is 2. The minimum atomic E-state index is -1.06. The van der Waals surface area contributed by atoms with Crippen molar-refractivity contribution in [2.45, 2.75) is 11.9 Å². The van der Waals surface area contributed by atoms with Crippen LogP contribution >= 0.6 is 23.1 Å². The van der Waals surface area contributed by atoms with Crippen molar-refractivity contribution in [2.75, 3.05) is 25.4 Å². The molecule has 1 aliphatic rings. The molecule has 0 spiro atoms. The molecule has 0 aliphatic carbocycles. The fourth-order valence-electron chi connectivity index (χ4n) is 2.32. The summed E-state index contributed by atoms with van der Waals surface area (Å²) in [4.78, 5) is 41.5. The standard InChI is InChI=1S/C14H15N3O5S2/c18-11-5-9(15-14-17(11)2-4-24-14)7-23-8-12(19)16-1-3-22-10(6-16)13(20)21/h2,4-5,10H,1,3,6-8H2,(H,20,21). The van der Waals surface area contributed by atoms with Crippen molar-refractivity contribution in [1.82, 2.24) is 14.3 Å². The van der Waals surface area contributed by atoms with E-state index in [2.05, 4.69) is 4.98 Å². The zero-order valence-corrected chi connectivity index (χ0v) is 14.2. The SMILES string of the molecule is O=C(O)C1CN(C(=O)CSCc2cc(=O)n3ccsc3n2)CCO1. The van der Waals surface area contributed by atoms with Crippen LogP contribution in [0.1, 0.15) is 5.69 Å². The van der Waals surface area contributed by atoms with Gasteiger partial charge in [0.15, 0.2) is 11.1 Å². The van der Waals surface area contributed by atoms with Crippen molar-refractivity contribution in [3.8, 4) is 0 Å². The largest absolute Gasteiger partial charge is 0.479 e. The van der Waals surface area contributed by atoms with Gasteiger partial charge in [-0.2, -0.15) is 0 Å². The number of fused-ring (bicyclic) bond motifs is 1. The summed E-state index contributed by atoms with van der Waals surface area (Å²) in [5, 5.41) is 10.7. The molecule has 1 amide bonds. The summed E-state index contributed by atoms with van der Waals surface area (Å²) in [7, 11) is 0. The highest BCUT2D eigenvalue weighted by molar-refractivity contribution is 7.99. The van der Waals surface area contributed by atoms with Crippen LogP contribution in [0.5, 0.6) is 0 Å². The number of thioether (sulfide) groups is 1. The van der Waals surface area contributed by atoms with Gasteiger partial charge in [-0.05, 0) is 0 Å². The van der Waals surface area contributed by atoms with Gasteiger partial charge in [0.05, 0.1) is 24.6 Å². The summed E-state index contributed by atoms with van der Waals surface area (Å²) in [6, 6.07) is 1.46. The smallest absolute Gasteiger partial charge is 0.334 e. The lowest BCUT2D eigenvalue weighted by molar-refractivity contribution is -0.158. The number of hydrogen-bond donors (Lipinski definition) is 1. The lowest BCUT2D eigenvalue weighted by Crippen LogP contribution is -2.49. The minimum absolute atomic E-state index is 0.0650. The third-order valence-corrected chi connectivity index (χ3v) is 5.23. The molecule has 3 rings (SSSR count). The molecule has 1 saturated heterocycles. The Labute approximate surface area is 145 Å². The Balaban J connectivity index is 1.54. The Morgan fingerprint density at radius 2 is 2.33 bits per heavy atom.